The molecule has 1 saturated carbocycles. The first kappa shape index (κ1) is 16.1. The van der Waals surface area contributed by atoms with Crippen LogP contribution in [0.3, 0.4) is 0 Å². The van der Waals surface area contributed by atoms with Gasteiger partial charge in [0.1, 0.15) is 5.76 Å². The fourth-order valence-electron chi connectivity index (χ4n) is 2.31. The van der Waals surface area contributed by atoms with E-state index in [9.17, 15) is 4.79 Å². The molecule has 1 heterocycles. The number of amides is 1. The van der Waals surface area contributed by atoms with Crippen molar-refractivity contribution in [2.24, 2.45) is 0 Å². The molecule has 23 heavy (non-hydrogen) atoms. The summed E-state index contributed by atoms with van der Waals surface area (Å²) in [5.74, 6) is 2.77. The maximum absolute atomic E-state index is 11.7. The molecule has 1 amide bonds. The Labute approximate surface area is 141 Å². The summed E-state index contributed by atoms with van der Waals surface area (Å²) >= 11 is 1.58. The van der Waals surface area contributed by atoms with E-state index in [2.05, 4.69) is 29.4 Å². The van der Waals surface area contributed by atoms with Crippen LogP contribution in [0.15, 0.2) is 28.7 Å². The van der Waals surface area contributed by atoms with E-state index in [1.807, 2.05) is 19.1 Å². The van der Waals surface area contributed by atoms with Gasteiger partial charge in [-0.2, -0.15) is 0 Å². The molecule has 0 radical (unpaired) electrons. The van der Waals surface area contributed by atoms with Crippen molar-refractivity contribution >= 4 is 17.7 Å². The molecule has 4 nitrogen and oxygen atoms in total. The third-order valence-corrected chi connectivity index (χ3v) is 4.86. The third-order valence-electron chi connectivity index (χ3n) is 3.92. The van der Waals surface area contributed by atoms with Gasteiger partial charge in [0.05, 0.1) is 11.4 Å². The van der Waals surface area contributed by atoms with Gasteiger partial charge in [-0.1, -0.05) is 19.1 Å². The fraction of sp³-hybridized carbons (Fsp3) is 0.444. The number of nitrogens with zero attached hydrogens (tertiary/aromatic N) is 1. The zero-order valence-electron chi connectivity index (χ0n) is 13.6. The van der Waals surface area contributed by atoms with Crippen molar-refractivity contribution in [2.45, 2.75) is 44.9 Å². The maximum Gasteiger partial charge on any atom is 0.230 e. The van der Waals surface area contributed by atoms with Crippen molar-refractivity contribution < 1.29 is 9.21 Å². The van der Waals surface area contributed by atoms with Crippen LogP contribution in [-0.4, -0.2) is 22.7 Å². The largest absolute Gasteiger partial charge is 0.441 e. The smallest absolute Gasteiger partial charge is 0.230 e. The fourth-order valence-corrected chi connectivity index (χ4v) is 3.14. The van der Waals surface area contributed by atoms with Gasteiger partial charge < -0.3 is 9.73 Å². The molecule has 122 valence electrons. The van der Waals surface area contributed by atoms with Crippen LogP contribution in [0.4, 0.5) is 0 Å². The summed E-state index contributed by atoms with van der Waals surface area (Å²) < 4.78 is 5.78. The molecule has 1 aromatic carbocycles. The van der Waals surface area contributed by atoms with Crippen LogP contribution in [0.5, 0.6) is 0 Å². The van der Waals surface area contributed by atoms with E-state index >= 15 is 0 Å². The van der Waals surface area contributed by atoms with Gasteiger partial charge in [-0.05, 0) is 43.9 Å². The molecule has 1 aliphatic carbocycles. The Morgan fingerprint density at radius 3 is 2.74 bits per heavy atom. The second-order valence-corrected chi connectivity index (χ2v) is 6.89. The summed E-state index contributed by atoms with van der Waals surface area (Å²) in [6.07, 6.45) is 3.27. The first-order valence-corrected chi connectivity index (χ1v) is 9.24. The zero-order chi connectivity index (χ0) is 16.2. The lowest BCUT2D eigenvalue weighted by molar-refractivity contribution is -0.118. The lowest BCUT2D eigenvalue weighted by atomic mass is 10.1. The van der Waals surface area contributed by atoms with Gasteiger partial charge in [0.25, 0.3) is 0 Å². The average Bonchev–Trinajstić information content (AvgIpc) is 3.29. The summed E-state index contributed by atoms with van der Waals surface area (Å²) in [6.45, 7) is 4.07. The number of nitrogens with one attached hydrogen (secondary N) is 1. The summed E-state index contributed by atoms with van der Waals surface area (Å²) in [5.41, 5.74) is 3.21. The monoisotopic (exact) mass is 330 g/mol. The topological polar surface area (TPSA) is 55.1 Å². The molecule has 5 heteroatoms. The second-order valence-electron chi connectivity index (χ2n) is 5.91. The summed E-state index contributed by atoms with van der Waals surface area (Å²) in [6, 6.07) is 8.72. The number of aromatic nitrogens is 1. The first-order valence-electron chi connectivity index (χ1n) is 8.08. The molecule has 1 fully saturated rings. The first-order chi connectivity index (χ1) is 11.2. The van der Waals surface area contributed by atoms with Crippen molar-refractivity contribution in [3.63, 3.8) is 0 Å². The minimum atomic E-state index is 0.119. The van der Waals surface area contributed by atoms with Gasteiger partial charge in [-0.15, -0.1) is 11.8 Å². The molecule has 0 aliphatic heterocycles. The molecule has 2 aromatic rings. The van der Waals surface area contributed by atoms with Gasteiger partial charge >= 0.3 is 0 Å². The number of rotatable bonds is 7. The SMILES string of the molecule is CCc1ccc(-c2nc(CSCC(=O)NC3CC3)c(C)o2)cc1. The normalized spacial score (nSPS) is 14.0. The highest BCUT2D eigenvalue weighted by atomic mass is 32.2. The number of hydrogen-bond acceptors (Lipinski definition) is 4. The van der Waals surface area contributed by atoms with Crippen LogP contribution >= 0.6 is 11.8 Å². The number of oxazole rings is 1. The van der Waals surface area contributed by atoms with Gasteiger partial charge in [0.2, 0.25) is 11.8 Å². The minimum Gasteiger partial charge on any atom is -0.441 e. The van der Waals surface area contributed by atoms with Crippen LogP contribution in [0.2, 0.25) is 0 Å². The predicted octanol–water partition coefficient (Wildman–Crippen LogP) is 3.72. The van der Waals surface area contributed by atoms with E-state index in [0.29, 0.717) is 23.4 Å². The molecule has 0 atom stereocenters. The molecule has 1 aromatic heterocycles. The molecular weight excluding hydrogens is 308 g/mol. The molecule has 1 aliphatic rings. The van der Waals surface area contributed by atoms with Crippen LogP contribution in [0, 0.1) is 6.92 Å². The molecular formula is C18H22N2O2S. The number of benzene rings is 1. The Hall–Kier alpha value is -1.75. The number of carbonyl (C=O) groups excluding carboxylic acids is 1. The Morgan fingerprint density at radius 2 is 2.09 bits per heavy atom. The second kappa shape index (κ2) is 7.21. The van der Waals surface area contributed by atoms with Crippen molar-refractivity contribution in [1.29, 1.82) is 0 Å². The number of hydrogen-bond donors (Lipinski definition) is 1. The van der Waals surface area contributed by atoms with Crippen molar-refractivity contribution in [3.8, 4) is 11.5 Å². The quantitative estimate of drug-likeness (QED) is 0.840. The van der Waals surface area contributed by atoms with Crippen LogP contribution in [0.25, 0.3) is 11.5 Å². The van der Waals surface area contributed by atoms with E-state index < -0.39 is 0 Å². The number of thioether (sulfide) groups is 1. The van der Waals surface area contributed by atoms with Gasteiger partial charge in [0, 0.05) is 17.4 Å². The van der Waals surface area contributed by atoms with Crippen LogP contribution in [0.1, 0.15) is 36.8 Å². The lowest BCUT2D eigenvalue weighted by Crippen LogP contribution is -2.27. The molecule has 0 saturated heterocycles. The van der Waals surface area contributed by atoms with Gasteiger partial charge in [-0.25, -0.2) is 4.98 Å². The van der Waals surface area contributed by atoms with E-state index in [4.69, 9.17) is 4.42 Å². The third kappa shape index (κ3) is 4.38. The number of aryl methyl sites for hydroxylation is 2. The van der Waals surface area contributed by atoms with Crippen molar-refractivity contribution in [3.05, 3.63) is 41.3 Å². The van der Waals surface area contributed by atoms with E-state index in [-0.39, 0.29) is 5.91 Å². The molecule has 0 spiro atoms. The predicted molar refractivity (Wildman–Crippen MR) is 93.4 cm³/mol. The Morgan fingerprint density at radius 1 is 1.35 bits per heavy atom. The Balaban J connectivity index is 1.57. The van der Waals surface area contributed by atoms with E-state index in [1.165, 1.54) is 5.56 Å². The zero-order valence-corrected chi connectivity index (χ0v) is 14.4. The molecule has 0 bridgehead atoms. The van der Waals surface area contributed by atoms with Gasteiger partial charge in [-0.3, -0.25) is 4.79 Å². The Kier molecular flexibility index (Phi) is 5.06. The summed E-state index contributed by atoms with van der Waals surface area (Å²) in [4.78, 5) is 16.3. The molecule has 1 N–H and O–H groups in total. The lowest BCUT2D eigenvalue weighted by Gasteiger charge is -2.01. The minimum absolute atomic E-state index is 0.119. The Bertz CT molecular complexity index is 675. The highest BCUT2D eigenvalue weighted by molar-refractivity contribution is 7.99. The molecule has 3 rings (SSSR count). The van der Waals surface area contributed by atoms with Crippen molar-refractivity contribution in [2.75, 3.05) is 5.75 Å². The standard InChI is InChI=1S/C18H22N2O2S/c1-3-13-4-6-14(7-5-13)18-20-16(12(2)22-18)10-23-11-17(21)19-15-8-9-15/h4-7,15H,3,8-11H2,1-2H3,(H,19,21). The van der Waals surface area contributed by atoms with E-state index in [0.717, 1.165) is 36.3 Å². The maximum atomic E-state index is 11.7. The van der Waals surface area contributed by atoms with Gasteiger partial charge in [0.15, 0.2) is 0 Å². The number of carbonyl (C=O) groups is 1. The van der Waals surface area contributed by atoms with E-state index in [1.54, 1.807) is 11.8 Å². The van der Waals surface area contributed by atoms with Crippen LogP contribution < -0.4 is 5.32 Å². The average molecular weight is 330 g/mol. The highest BCUT2D eigenvalue weighted by Gasteiger charge is 2.23. The highest BCUT2D eigenvalue weighted by Crippen LogP contribution is 2.25. The summed E-state index contributed by atoms with van der Waals surface area (Å²) in [7, 11) is 0. The molecule has 0 unspecified atom stereocenters. The summed E-state index contributed by atoms with van der Waals surface area (Å²) in [5, 5.41) is 2.99. The van der Waals surface area contributed by atoms with Crippen molar-refractivity contribution in [1.82, 2.24) is 10.3 Å². The van der Waals surface area contributed by atoms with Crippen LogP contribution in [-0.2, 0) is 17.0 Å².